The van der Waals surface area contributed by atoms with Crippen molar-refractivity contribution in [2.75, 3.05) is 0 Å². The summed E-state index contributed by atoms with van der Waals surface area (Å²) in [7, 11) is 0. The largest absolute Gasteiger partial charge is 0.480 e. The number of carboxylic acids is 1. The zero-order valence-corrected chi connectivity index (χ0v) is 10.2. The summed E-state index contributed by atoms with van der Waals surface area (Å²) in [5.74, 6) is -7.26. The molecule has 0 aliphatic carbocycles. The van der Waals surface area contributed by atoms with Crippen molar-refractivity contribution in [1.29, 1.82) is 0 Å². The second-order valence-corrected chi connectivity index (χ2v) is 3.81. The second-order valence-electron chi connectivity index (χ2n) is 3.81. The van der Waals surface area contributed by atoms with Crippen molar-refractivity contribution < 1.29 is 29.0 Å². The Kier molecular flexibility index (Phi) is 4.93. The lowest BCUT2D eigenvalue weighted by molar-refractivity contribution is -0.162. The number of aliphatic carboxylic acids is 1. The molecule has 0 amide bonds. The average molecular weight is 264 g/mol. The number of esters is 1. The van der Waals surface area contributed by atoms with Crippen LogP contribution < -0.4 is 0 Å². The molecule has 0 aromatic heterocycles. The van der Waals surface area contributed by atoms with Gasteiger partial charge in [-0.15, -0.1) is 0 Å². The third-order valence-electron chi connectivity index (χ3n) is 2.33. The van der Waals surface area contributed by atoms with Crippen molar-refractivity contribution in [1.82, 2.24) is 0 Å². The molecule has 0 saturated heterocycles. The summed E-state index contributed by atoms with van der Waals surface area (Å²) >= 11 is 0. The molecule has 0 bridgehead atoms. The number of rotatable bonds is 6. The van der Waals surface area contributed by atoms with E-state index in [9.17, 15) is 19.2 Å². The Labute approximate surface area is 109 Å². The molecule has 6 heteroatoms. The minimum absolute atomic E-state index is 0.157. The van der Waals surface area contributed by atoms with E-state index in [1.54, 1.807) is 30.3 Å². The van der Waals surface area contributed by atoms with E-state index in [-0.39, 0.29) is 6.61 Å². The number of hydrogen-bond donors (Lipinski definition) is 1. The monoisotopic (exact) mass is 264 g/mol. The number of carboxylic acid groups (broad SMARTS) is 1. The molecule has 1 aromatic carbocycles. The maximum Gasteiger partial charge on any atom is 0.376 e. The molecule has 1 atom stereocenters. The first kappa shape index (κ1) is 14.6. The van der Waals surface area contributed by atoms with Gasteiger partial charge in [0.1, 0.15) is 6.61 Å². The van der Waals surface area contributed by atoms with Gasteiger partial charge >= 0.3 is 11.9 Å². The first-order valence-corrected chi connectivity index (χ1v) is 5.41. The molecular formula is C13H12O6. The predicted molar refractivity (Wildman–Crippen MR) is 63.1 cm³/mol. The van der Waals surface area contributed by atoms with Gasteiger partial charge in [0.15, 0.2) is 11.7 Å². The van der Waals surface area contributed by atoms with Gasteiger partial charge in [-0.05, 0) is 12.5 Å². The molecule has 1 rings (SSSR count). The number of ketones is 2. The predicted octanol–water partition coefficient (Wildman–Crippen LogP) is 0.589. The van der Waals surface area contributed by atoms with Crippen LogP contribution in [0.3, 0.4) is 0 Å². The highest BCUT2D eigenvalue weighted by atomic mass is 16.5. The van der Waals surface area contributed by atoms with Gasteiger partial charge in [-0.1, -0.05) is 30.3 Å². The minimum Gasteiger partial charge on any atom is -0.480 e. The molecule has 100 valence electrons. The Balaban J connectivity index is 2.65. The van der Waals surface area contributed by atoms with Crippen molar-refractivity contribution >= 4 is 23.5 Å². The third-order valence-corrected chi connectivity index (χ3v) is 2.33. The SMILES string of the molecule is CC(=O)C(C(=O)O)C(=O)C(=O)OCc1ccccc1. The van der Waals surface area contributed by atoms with Gasteiger partial charge in [-0.3, -0.25) is 14.4 Å². The maximum atomic E-state index is 11.5. The van der Waals surface area contributed by atoms with Gasteiger partial charge in [0.25, 0.3) is 5.78 Å². The zero-order chi connectivity index (χ0) is 14.4. The molecule has 0 aliphatic heterocycles. The normalized spacial score (nSPS) is 11.4. The van der Waals surface area contributed by atoms with Gasteiger partial charge in [0.2, 0.25) is 0 Å². The molecule has 0 saturated carbocycles. The van der Waals surface area contributed by atoms with E-state index >= 15 is 0 Å². The van der Waals surface area contributed by atoms with Gasteiger partial charge in [-0.25, -0.2) is 4.79 Å². The molecule has 6 nitrogen and oxygen atoms in total. The highest BCUT2D eigenvalue weighted by Gasteiger charge is 2.36. The average Bonchev–Trinajstić information content (AvgIpc) is 2.36. The molecule has 0 spiro atoms. The first-order valence-electron chi connectivity index (χ1n) is 5.41. The molecule has 0 radical (unpaired) electrons. The number of hydrogen-bond acceptors (Lipinski definition) is 5. The van der Waals surface area contributed by atoms with Crippen LogP contribution in [0.2, 0.25) is 0 Å². The van der Waals surface area contributed by atoms with E-state index in [0.717, 1.165) is 6.92 Å². The van der Waals surface area contributed by atoms with Gasteiger partial charge in [0, 0.05) is 0 Å². The Morgan fingerprint density at radius 1 is 1.16 bits per heavy atom. The summed E-state index contributed by atoms with van der Waals surface area (Å²) < 4.78 is 4.67. The van der Waals surface area contributed by atoms with Crippen LogP contribution in [0, 0.1) is 5.92 Å². The lowest BCUT2D eigenvalue weighted by Crippen LogP contribution is -2.36. The third kappa shape index (κ3) is 4.02. The van der Waals surface area contributed by atoms with Crippen LogP contribution >= 0.6 is 0 Å². The molecule has 1 N–H and O–H groups in total. The molecular weight excluding hydrogens is 252 g/mol. The summed E-state index contributed by atoms with van der Waals surface area (Å²) in [4.78, 5) is 44.6. The van der Waals surface area contributed by atoms with Crippen molar-refractivity contribution in [3.05, 3.63) is 35.9 Å². The van der Waals surface area contributed by atoms with E-state index in [0.29, 0.717) is 5.56 Å². The quantitative estimate of drug-likeness (QED) is 0.458. The molecule has 0 aliphatic rings. The topological polar surface area (TPSA) is 97.7 Å². The number of benzene rings is 1. The maximum absolute atomic E-state index is 11.5. The van der Waals surface area contributed by atoms with Crippen LogP contribution in [0.5, 0.6) is 0 Å². The van der Waals surface area contributed by atoms with Crippen molar-refractivity contribution in [3.8, 4) is 0 Å². The zero-order valence-electron chi connectivity index (χ0n) is 10.2. The Morgan fingerprint density at radius 3 is 2.21 bits per heavy atom. The van der Waals surface area contributed by atoms with E-state index in [2.05, 4.69) is 4.74 Å². The van der Waals surface area contributed by atoms with Crippen LogP contribution in [0.4, 0.5) is 0 Å². The summed E-state index contributed by atoms with van der Waals surface area (Å²) in [6.07, 6.45) is 0. The van der Waals surface area contributed by atoms with Crippen molar-refractivity contribution in [2.24, 2.45) is 5.92 Å². The van der Waals surface area contributed by atoms with E-state index in [4.69, 9.17) is 5.11 Å². The number of carbonyl (C=O) groups excluding carboxylic acids is 3. The second kappa shape index (κ2) is 6.44. The van der Waals surface area contributed by atoms with Crippen LogP contribution in [0.25, 0.3) is 0 Å². The molecule has 1 unspecified atom stereocenters. The Hall–Kier alpha value is -2.50. The Bertz CT molecular complexity index is 491. The number of ether oxygens (including phenoxy) is 1. The van der Waals surface area contributed by atoms with Gasteiger partial charge < -0.3 is 9.84 Å². The fraction of sp³-hybridized carbons (Fsp3) is 0.231. The van der Waals surface area contributed by atoms with E-state index < -0.39 is 29.4 Å². The fourth-order valence-corrected chi connectivity index (χ4v) is 1.38. The summed E-state index contributed by atoms with van der Waals surface area (Å²) in [6, 6.07) is 8.57. The van der Waals surface area contributed by atoms with Crippen molar-refractivity contribution in [2.45, 2.75) is 13.5 Å². The molecule has 0 heterocycles. The lowest BCUT2D eigenvalue weighted by Gasteiger charge is -2.07. The first-order chi connectivity index (χ1) is 8.93. The highest BCUT2D eigenvalue weighted by molar-refractivity contribution is 6.42. The standard InChI is InChI=1S/C13H12O6/c1-8(14)10(12(16)17)11(15)13(18)19-7-9-5-3-2-4-6-9/h2-6,10H,7H2,1H3,(H,16,17). The number of carbonyl (C=O) groups is 4. The smallest absolute Gasteiger partial charge is 0.376 e. The fourth-order valence-electron chi connectivity index (χ4n) is 1.38. The Morgan fingerprint density at radius 2 is 1.74 bits per heavy atom. The summed E-state index contributed by atoms with van der Waals surface area (Å²) in [6.45, 7) is 0.775. The summed E-state index contributed by atoms with van der Waals surface area (Å²) in [5, 5.41) is 8.70. The van der Waals surface area contributed by atoms with Crippen LogP contribution in [0.15, 0.2) is 30.3 Å². The van der Waals surface area contributed by atoms with Crippen LogP contribution in [-0.2, 0) is 30.5 Å². The highest BCUT2D eigenvalue weighted by Crippen LogP contribution is 2.06. The molecule has 0 fully saturated rings. The minimum atomic E-state index is -2.00. The van der Waals surface area contributed by atoms with E-state index in [1.807, 2.05) is 0 Å². The summed E-state index contributed by atoms with van der Waals surface area (Å²) in [5.41, 5.74) is 0.651. The van der Waals surface area contributed by atoms with Gasteiger partial charge in [0.05, 0.1) is 0 Å². The van der Waals surface area contributed by atoms with E-state index in [1.165, 1.54) is 0 Å². The van der Waals surface area contributed by atoms with Crippen molar-refractivity contribution in [3.63, 3.8) is 0 Å². The molecule has 1 aromatic rings. The van der Waals surface area contributed by atoms with Crippen LogP contribution in [0.1, 0.15) is 12.5 Å². The lowest BCUT2D eigenvalue weighted by atomic mass is 10.0. The van der Waals surface area contributed by atoms with Crippen LogP contribution in [-0.4, -0.2) is 28.6 Å². The number of Topliss-reactive ketones (excluding diaryl/α,β-unsaturated/α-hetero) is 2. The molecule has 19 heavy (non-hydrogen) atoms. The van der Waals surface area contributed by atoms with Gasteiger partial charge in [-0.2, -0.15) is 0 Å².